The van der Waals surface area contributed by atoms with Gasteiger partial charge in [-0.15, -0.1) is 11.3 Å². The molecule has 62 valence electrons. The summed E-state index contributed by atoms with van der Waals surface area (Å²) in [5.41, 5.74) is 2.27. The number of aromatic hydroxyl groups is 1. The van der Waals surface area contributed by atoms with Gasteiger partial charge in [0.25, 0.3) is 0 Å². The molecule has 1 heterocycles. The summed E-state index contributed by atoms with van der Waals surface area (Å²) in [7, 11) is 0. The zero-order chi connectivity index (χ0) is 8.72. The van der Waals surface area contributed by atoms with Gasteiger partial charge in [0.1, 0.15) is 5.75 Å². The summed E-state index contributed by atoms with van der Waals surface area (Å²) in [5, 5.41) is 12.7. The van der Waals surface area contributed by atoms with Gasteiger partial charge in [-0.3, -0.25) is 0 Å². The Balaban J connectivity index is 2.93. The summed E-state index contributed by atoms with van der Waals surface area (Å²) in [4.78, 5) is 0. The molecule has 0 spiro atoms. The van der Waals surface area contributed by atoms with Gasteiger partial charge in [-0.2, -0.15) is 0 Å². The Kier molecular flexibility index (Phi) is 1.58. The fourth-order valence-corrected chi connectivity index (χ4v) is 2.49. The predicted molar refractivity (Wildman–Crippen MR) is 53.0 cm³/mol. The summed E-state index contributed by atoms with van der Waals surface area (Å²) in [5.74, 6) is 0.406. The summed E-state index contributed by atoms with van der Waals surface area (Å²) in [6.45, 7) is 4.02. The van der Waals surface area contributed by atoms with Crippen molar-refractivity contribution in [2.24, 2.45) is 0 Å². The van der Waals surface area contributed by atoms with E-state index < -0.39 is 0 Å². The van der Waals surface area contributed by atoms with Crippen molar-refractivity contribution in [2.45, 2.75) is 13.8 Å². The van der Waals surface area contributed by atoms with Crippen LogP contribution < -0.4 is 0 Å². The second kappa shape index (κ2) is 2.49. The molecule has 0 atom stereocenters. The Morgan fingerprint density at radius 1 is 1.25 bits per heavy atom. The molecule has 1 nitrogen and oxygen atoms in total. The highest BCUT2D eigenvalue weighted by molar-refractivity contribution is 7.17. The van der Waals surface area contributed by atoms with Crippen LogP contribution in [0.15, 0.2) is 17.5 Å². The maximum absolute atomic E-state index is 9.63. The van der Waals surface area contributed by atoms with Crippen LogP contribution in [0.4, 0.5) is 0 Å². The van der Waals surface area contributed by atoms with Gasteiger partial charge in [0, 0.05) is 10.1 Å². The number of rotatable bonds is 0. The first kappa shape index (κ1) is 7.62. The first-order valence-electron chi connectivity index (χ1n) is 3.86. The third-order valence-electron chi connectivity index (χ3n) is 1.98. The van der Waals surface area contributed by atoms with Gasteiger partial charge in [0.05, 0.1) is 0 Å². The minimum atomic E-state index is 0.406. The monoisotopic (exact) mass is 178 g/mol. The van der Waals surface area contributed by atoms with Crippen LogP contribution in [0.1, 0.15) is 11.1 Å². The molecular formula is C10H10OS. The summed E-state index contributed by atoms with van der Waals surface area (Å²) in [6.07, 6.45) is 0. The molecule has 0 aliphatic carbocycles. The molecule has 1 aromatic carbocycles. The molecule has 0 bridgehead atoms. The average Bonchev–Trinajstić information content (AvgIpc) is 2.31. The Morgan fingerprint density at radius 3 is 2.75 bits per heavy atom. The van der Waals surface area contributed by atoms with E-state index in [4.69, 9.17) is 0 Å². The number of phenols is 1. The van der Waals surface area contributed by atoms with E-state index in [0.717, 1.165) is 16.5 Å². The fourth-order valence-electron chi connectivity index (χ4n) is 1.43. The maximum Gasteiger partial charge on any atom is 0.124 e. The molecule has 0 unspecified atom stereocenters. The van der Waals surface area contributed by atoms with Crippen LogP contribution in [0.5, 0.6) is 5.75 Å². The second-order valence-electron chi connectivity index (χ2n) is 3.08. The molecule has 0 aliphatic heterocycles. The summed E-state index contributed by atoms with van der Waals surface area (Å²) in [6, 6.07) is 3.91. The third kappa shape index (κ3) is 0.994. The van der Waals surface area contributed by atoms with Crippen molar-refractivity contribution >= 4 is 21.4 Å². The zero-order valence-electron chi connectivity index (χ0n) is 7.09. The van der Waals surface area contributed by atoms with Crippen molar-refractivity contribution in [2.75, 3.05) is 0 Å². The number of phenolic OH excluding ortho intramolecular Hbond substituents is 1. The van der Waals surface area contributed by atoms with Gasteiger partial charge in [0.15, 0.2) is 0 Å². The lowest BCUT2D eigenvalue weighted by atomic mass is 10.1. The quantitative estimate of drug-likeness (QED) is 0.656. The van der Waals surface area contributed by atoms with Crippen molar-refractivity contribution in [1.29, 1.82) is 0 Å². The maximum atomic E-state index is 9.63. The van der Waals surface area contributed by atoms with Crippen LogP contribution in [-0.2, 0) is 0 Å². The topological polar surface area (TPSA) is 20.2 Å². The molecule has 0 saturated carbocycles. The van der Waals surface area contributed by atoms with E-state index in [1.165, 1.54) is 4.70 Å². The Morgan fingerprint density at radius 2 is 2.00 bits per heavy atom. The number of hydrogen-bond acceptors (Lipinski definition) is 2. The molecule has 1 aromatic heterocycles. The summed E-state index contributed by atoms with van der Waals surface area (Å²) >= 11 is 1.68. The van der Waals surface area contributed by atoms with Gasteiger partial charge in [-0.25, -0.2) is 0 Å². The molecule has 0 saturated heterocycles. The van der Waals surface area contributed by atoms with Gasteiger partial charge in [-0.1, -0.05) is 0 Å². The average molecular weight is 178 g/mol. The SMILES string of the molecule is Cc1cc(O)c2c(C)csc2c1. The Labute approximate surface area is 75.3 Å². The van der Waals surface area contributed by atoms with E-state index in [0.29, 0.717) is 5.75 Å². The van der Waals surface area contributed by atoms with Crippen molar-refractivity contribution < 1.29 is 5.11 Å². The van der Waals surface area contributed by atoms with Crippen LogP contribution >= 0.6 is 11.3 Å². The smallest absolute Gasteiger partial charge is 0.124 e. The van der Waals surface area contributed by atoms with E-state index in [-0.39, 0.29) is 0 Å². The molecule has 2 rings (SSSR count). The summed E-state index contributed by atoms with van der Waals surface area (Å²) < 4.78 is 1.17. The van der Waals surface area contributed by atoms with E-state index in [9.17, 15) is 5.11 Å². The third-order valence-corrected chi connectivity index (χ3v) is 3.03. The standard InChI is InChI=1S/C10H10OS/c1-6-3-8(11)10-7(2)5-12-9(10)4-6/h3-5,11H,1-2H3. The Hall–Kier alpha value is -1.02. The fraction of sp³-hybridized carbons (Fsp3) is 0.200. The van der Waals surface area contributed by atoms with Crippen LogP contribution in [0, 0.1) is 13.8 Å². The minimum absolute atomic E-state index is 0.406. The molecule has 0 radical (unpaired) electrons. The van der Waals surface area contributed by atoms with E-state index >= 15 is 0 Å². The van der Waals surface area contributed by atoms with Crippen LogP contribution in [0.2, 0.25) is 0 Å². The van der Waals surface area contributed by atoms with Crippen LogP contribution in [-0.4, -0.2) is 5.11 Å². The highest BCUT2D eigenvalue weighted by Crippen LogP contribution is 2.33. The molecule has 12 heavy (non-hydrogen) atoms. The zero-order valence-corrected chi connectivity index (χ0v) is 7.90. The van der Waals surface area contributed by atoms with E-state index in [1.807, 2.05) is 19.9 Å². The van der Waals surface area contributed by atoms with Crippen LogP contribution in [0.3, 0.4) is 0 Å². The van der Waals surface area contributed by atoms with Crippen molar-refractivity contribution in [3.8, 4) is 5.75 Å². The van der Waals surface area contributed by atoms with Crippen molar-refractivity contribution in [1.82, 2.24) is 0 Å². The molecule has 1 N–H and O–H groups in total. The molecule has 0 aliphatic rings. The predicted octanol–water partition coefficient (Wildman–Crippen LogP) is 3.22. The highest BCUT2D eigenvalue weighted by atomic mass is 32.1. The number of fused-ring (bicyclic) bond motifs is 1. The lowest BCUT2D eigenvalue weighted by Crippen LogP contribution is -1.74. The molecular weight excluding hydrogens is 168 g/mol. The molecule has 0 fully saturated rings. The van der Waals surface area contributed by atoms with E-state index in [1.54, 1.807) is 11.3 Å². The van der Waals surface area contributed by atoms with E-state index in [2.05, 4.69) is 11.4 Å². The minimum Gasteiger partial charge on any atom is -0.507 e. The normalized spacial score (nSPS) is 10.8. The van der Waals surface area contributed by atoms with Gasteiger partial charge in [-0.05, 0) is 42.5 Å². The molecule has 0 amide bonds. The Bertz CT molecular complexity index is 429. The molecule has 2 heteroatoms. The number of hydrogen-bond donors (Lipinski definition) is 1. The van der Waals surface area contributed by atoms with Crippen LogP contribution in [0.25, 0.3) is 10.1 Å². The largest absolute Gasteiger partial charge is 0.507 e. The van der Waals surface area contributed by atoms with Crippen molar-refractivity contribution in [3.63, 3.8) is 0 Å². The lowest BCUT2D eigenvalue weighted by molar-refractivity contribution is 0.481. The molecule has 2 aromatic rings. The first-order valence-corrected chi connectivity index (χ1v) is 4.74. The van der Waals surface area contributed by atoms with Crippen molar-refractivity contribution in [3.05, 3.63) is 28.6 Å². The lowest BCUT2D eigenvalue weighted by Gasteiger charge is -1.98. The van der Waals surface area contributed by atoms with Gasteiger partial charge < -0.3 is 5.11 Å². The number of benzene rings is 1. The highest BCUT2D eigenvalue weighted by Gasteiger charge is 2.05. The number of thiophene rings is 1. The van der Waals surface area contributed by atoms with Gasteiger partial charge in [0.2, 0.25) is 0 Å². The second-order valence-corrected chi connectivity index (χ2v) is 3.99. The first-order chi connectivity index (χ1) is 5.68. The van der Waals surface area contributed by atoms with Gasteiger partial charge >= 0.3 is 0 Å². The number of aryl methyl sites for hydroxylation is 2.